The summed E-state index contributed by atoms with van der Waals surface area (Å²) in [6, 6.07) is 0. The van der Waals surface area contributed by atoms with Gasteiger partial charge >= 0.3 is 47.6 Å². The molecule has 0 fully saturated rings. The molecule has 10 nitrogen and oxygen atoms in total. The van der Waals surface area contributed by atoms with Crippen LogP contribution in [-0.4, -0.2) is 43.5 Å². The van der Waals surface area contributed by atoms with Gasteiger partial charge in [-0.3, -0.25) is 10.1 Å². The fourth-order valence-electron chi connectivity index (χ4n) is 0.860. The molecule has 0 aromatic heterocycles. The number of rotatable bonds is 5. The van der Waals surface area contributed by atoms with E-state index in [4.69, 9.17) is 20.2 Å². The number of nitrogens with one attached hydrogen (secondary N) is 1. The monoisotopic (exact) mass is 279 g/mol. The van der Waals surface area contributed by atoms with Crippen molar-refractivity contribution in [2.24, 2.45) is 0 Å². The molecule has 0 aliphatic rings. The first-order chi connectivity index (χ1) is 7.03. The molecule has 17 heavy (non-hydrogen) atoms. The molecule has 2 unspecified atom stereocenters. The summed E-state index contributed by atoms with van der Waals surface area (Å²) >= 11 is 0. The van der Waals surface area contributed by atoms with Crippen LogP contribution in [0.2, 0.25) is 0 Å². The van der Waals surface area contributed by atoms with Crippen molar-refractivity contribution < 1.29 is 73.6 Å². The minimum atomic E-state index is -5.79. The van der Waals surface area contributed by atoms with E-state index in [2.05, 4.69) is 0 Å². The molecule has 92 valence electrons. The minimum Gasteiger partial charge on any atom is -0.777 e. The molecule has 5 N–H and O–H groups in total. The standard InChI is InChI=1S/C5H8NO9P.Na/c7-2(8)1-5(3(9)10,6-4(11)12)16(13,14)15;/h6H,1H2,(H,7,8)(H,9,10)(H,11,12)(H2,13,14,15);/q;+1/p-1. The van der Waals surface area contributed by atoms with Gasteiger partial charge in [0.1, 0.15) is 0 Å². The maximum Gasteiger partial charge on any atom is 1.00 e. The fraction of sp³-hybridized carbons (Fsp3) is 0.400. The molecule has 0 bridgehead atoms. The summed E-state index contributed by atoms with van der Waals surface area (Å²) < 4.78 is 10.8. The Balaban J connectivity index is 0. The van der Waals surface area contributed by atoms with Crippen LogP contribution in [0.25, 0.3) is 0 Å². The first-order valence-corrected chi connectivity index (χ1v) is 5.11. The van der Waals surface area contributed by atoms with Gasteiger partial charge in [0, 0.05) is 0 Å². The number of hydrogen-bond acceptors (Lipinski definition) is 5. The van der Waals surface area contributed by atoms with Crippen molar-refractivity contribution in [1.29, 1.82) is 0 Å². The second-order valence-electron chi connectivity index (χ2n) is 2.69. The average Bonchev–Trinajstić information content (AvgIpc) is 1.97. The number of amides is 1. The van der Waals surface area contributed by atoms with Crippen LogP contribution in [0, 0.1) is 0 Å². The second-order valence-corrected chi connectivity index (χ2v) is 4.49. The Bertz CT molecular complexity index is 360. The van der Waals surface area contributed by atoms with Crippen LogP contribution in [0.5, 0.6) is 0 Å². The van der Waals surface area contributed by atoms with Crippen molar-refractivity contribution in [2.45, 2.75) is 11.7 Å². The molecule has 1 amide bonds. The van der Waals surface area contributed by atoms with Gasteiger partial charge in [0.15, 0.2) is 7.60 Å². The quantitative estimate of drug-likeness (QED) is 0.243. The average molecular weight is 279 g/mol. The first kappa shape index (κ1) is 18.7. The van der Waals surface area contributed by atoms with E-state index >= 15 is 0 Å². The van der Waals surface area contributed by atoms with E-state index in [1.165, 1.54) is 0 Å². The number of carboxylic acid groups (broad SMARTS) is 3. The van der Waals surface area contributed by atoms with Crippen molar-refractivity contribution in [2.75, 3.05) is 0 Å². The van der Waals surface area contributed by atoms with Crippen LogP contribution in [0.1, 0.15) is 6.42 Å². The van der Waals surface area contributed by atoms with E-state index in [-0.39, 0.29) is 29.6 Å². The smallest absolute Gasteiger partial charge is 0.777 e. The predicted molar refractivity (Wildman–Crippen MR) is 43.6 cm³/mol. The van der Waals surface area contributed by atoms with Crippen molar-refractivity contribution in [3.63, 3.8) is 0 Å². The van der Waals surface area contributed by atoms with E-state index in [1.54, 1.807) is 0 Å². The Hall–Kier alpha value is -0.640. The molecule has 0 heterocycles. The van der Waals surface area contributed by atoms with Crippen LogP contribution in [-0.2, 0) is 14.2 Å². The van der Waals surface area contributed by atoms with Crippen molar-refractivity contribution >= 4 is 25.6 Å². The number of carbonyl (C=O) groups is 3. The van der Waals surface area contributed by atoms with Gasteiger partial charge in [0.05, 0.1) is 6.42 Å². The third-order valence-corrected chi connectivity index (χ3v) is 2.98. The molecule has 0 spiro atoms. The topological polar surface area (TPSA) is 184 Å². The van der Waals surface area contributed by atoms with Crippen LogP contribution < -0.4 is 39.8 Å². The Morgan fingerprint density at radius 2 is 1.65 bits per heavy atom. The molecule has 12 heteroatoms. The summed E-state index contributed by atoms with van der Waals surface area (Å²) in [6.07, 6.45) is -3.75. The fourth-order valence-corrected chi connectivity index (χ4v) is 1.67. The third-order valence-electron chi connectivity index (χ3n) is 1.56. The van der Waals surface area contributed by atoms with Crippen LogP contribution >= 0.6 is 7.60 Å². The Morgan fingerprint density at radius 1 is 1.24 bits per heavy atom. The molecule has 0 aliphatic carbocycles. The summed E-state index contributed by atoms with van der Waals surface area (Å²) in [7, 11) is -5.79. The number of hydrogen-bond donors (Lipinski definition) is 5. The Kier molecular flexibility index (Phi) is 6.98. The maximum atomic E-state index is 10.8. The molecule has 0 aromatic carbocycles. The Labute approximate surface area is 116 Å². The van der Waals surface area contributed by atoms with Crippen LogP contribution in [0.4, 0.5) is 4.79 Å². The molecular weight excluding hydrogens is 272 g/mol. The maximum absolute atomic E-state index is 10.8. The normalized spacial score (nSPS) is 16.8. The zero-order valence-corrected chi connectivity index (χ0v) is 11.4. The van der Waals surface area contributed by atoms with Crippen LogP contribution in [0.3, 0.4) is 0 Å². The number of aliphatic carboxylic acids is 2. The molecule has 0 saturated carbocycles. The van der Waals surface area contributed by atoms with Gasteiger partial charge in [-0.05, 0) is 0 Å². The van der Waals surface area contributed by atoms with Gasteiger partial charge in [-0.15, -0.1) is 0 Å². The van der Waals surface area contributed by atoms with Gasteiger partial charge in [-0.2, -0.15) is 0 Å². The van der Waals surface area contributed by atoms with Gasteiger partial charge in [0.2, 0.25) is 5.28 Å². The SMILES string of the molecule is O=C(O)CC(NC(=O)O)(C(=O)O)P(=O)([O-])O.[Na+]. The molecule has 2 atom stereocenters. The second kappa shape index (κ2) is 6.34. The minimum absolute atomic E-state index is 0. The molecule has 0 aromatic rings. The van der Waals surface area contributed by atoms with E-state index in [9.17, 15) is 23.8 Å². The van der Waals surface area contributed by atoms with Gasteiger partial charge in [-0.1, -0.05) is 0 Å². The zero-order valence-electron chi connectivity index (χ0n) is 8.48. The molecule has 0 aliphatic heterocycles. The van der Waals surface area contributed by atoms with Crippen molar-refractivity contribution in [1.82, 2.24) is 5.32 Å². The largest absolute Gasteiger partial charge is 1.00 e. The molecule has 0 radical (unpaired) electrons. The van der Waals surface area contributed by atoms with Crippen molar-refractivity contribution in [3.05, 3.63) is 0 Å². The van der Waals surface area contributed by atoms with Crippen LogP contribution in [0.15, 0.2) is 0 Å². The van der Waals surface area contributed by atoms with E-state index in [0.29, 0.717) is 0 Å². The predicted octanol–water partition coefficient (Wildman–Crippen LogP) is -4.94. The molecule has 0 rings (SSSR count). The van der Waals surface area contributed by atoms with Crippen molar-refractivity contribution in [3.8, 4) is 0 Å². The number of carboxylic acids is 2. The van der Waals surface area contributed by atoms with E-state index in [1.807, 2.05) is 0 Å². The van der Waals surface area contributed by atoms with E-state index < -0.39 is 37.3 Å². The zero-order chi connectivity index (χ0) is 13.1. The molecular formula is C5H7NNaO9P. The van der Waals surface area contributed by atoms with E-state index in [0.717, 1.165) is 5.32 Å². The first-order valence-electron chi connectivity index (χ1n) is 3.53. The van der Waals surface area contributed by atoms with Gasteiger partial charge in [0.25, 0.3) is 0 Å². The summed E-state index contributed by atoms with van der Waals surface area (Å²) in [5, 5.41) is 22.6. The summed E-state index contributed by atoms with van der Waals surface area (Å²) in [6.45, 7) is 0. The molecule has 0 saturated heterocycles. The summed E-state index contributed by atoms with van der Waals surface area (Å²) in [5.41, 5.74) is 0. The van der Waals surface area contributed by atoms with Gasteiger partial charge < -0.3 is 29.7 Å². The Morgan fingerprint density at radius 3 is 1.82 bits per heavy atom. The van der Waals surface area contributed by atoms with Gasteiger partial charge in [-0.25, -0.2) is 9.59 Å². The summed E-state index contributed by atoms with van der Waals surface area (Å²) in [4.78, 5) is 50.5. The summed E-state index contributed by atoms with van der Waals surface area (Å²) in [5.74, 6) is -4.25. The third kappa shape index (κ3) is 4.62.